The van der Waals surface area contributed by atoms with Gasteiger partial charge < -0.3 is 16.5 Å². The van der Waals surface area contributed by atoms with Crippen LogP contribution in [0, 0.1) is 6.92 Å². The van der Waals surface area contributed by atoms with Crippen LogP contribution in [-0.4, -0.2) is 19.9 Å². The molecule has 0 fully saturated rings. The van der Waals surface area contributed by atoms with Gasteiger partial charge in [0.05, 0.1) is 0 Å². The van der Waals surface area contributed by atoms with Crippen molar-refractivity contribution in [3.05, 3.63) is 29.8 Å². The van der Waals surface area contributed by atoms with Crippen molar-refractivity contribution in [2.24, 2.45) is 0 Å². The second kappa shape index (κ2) is 3.69. The van der Waals surface area contributed by atoms with Crippen molar-refractivity contribution < 1.29 is 0 Å². The Hall–Kier alpha value is -2.63. The Kier molecular flexibility index (Phi) is 2.16. The lowest BCUT2D eigenvalue weighted by Gasteiger charge is -2.00. The van der Waals surface area contributed by atoms with Crippen molar-refractivity contribution >= 4 is 22.9 Å². The van der Waals surface area contributed by atoms with E-state index < -0.39 is 0 Å². The summed E-state index contributed by atoms with van der Waals surface area (Å²) in [7, 11) is 0. The average Bonchev–Trinajstić information content (AvgIpc) is 2.73. The maximum absolute atomic E-state index is 5.78. The molecule has 0 saturated heterocycles. The molecule has 0 spiro atoms. The number of nitrogens with two attached hydrogens (primary N) is 2. The molecule has 18 heavy (non-hydrogen) atoms. The fourth-order valence-corrected chi connectivity index (χ4v) is 1.90. The normalized spacial score (nSPS) is 10.9. The Morgan fingerprint density at radius 2 is 1.83 bits per heavy atom. The lowest BCUT2D eigenvalue weighted by Crippen LogP contribution is -1.99. The molecular formula is C12H12N6. The van der Waals surface area contributed by atoms with Gasteiger partial charge in [-0.05, 0) is 12.5 Å². The number of aromatic amines is 1. The van der Waals surface area contributed by atoms with Crippen LogP contribution >= 0.6 is 0 Å². The van der Waals surface area contributed by atoms with E-state index in [-0.39, 0.29) is 5.95 Å². The van der Waals surface area contributed by atoms with Gasteiger partial charge >= 0.3 is 0 Å². The van der Waals surface area contributed by atoms with E-state index in [0.717, 1.165) is 17.0 Å². The summed E-state index contributed by atoms with van der Waals surface area (Å²) < 4.78 is 0. The zero-order chi connectivity index (χ0) is 12.7. The predicted molar refractivity (Wildman–Crippen MR) is 70.7 cm³/mol. The third-order valence-corrected chi connectivity index (χ3v) is 2.80. The zero-order valence-corrected chi connectivity index (χ0v) is 9.81. The predicted octanol–water partition coefficient (Wildman–Crippen LogP) is 1.49. The molecule has 0 bridgehead atoms. The van der Waals surface area contributed by atoms with E-state index in [1.54, 1.807) is 0 Å². The summed E-state index contributed by atoms with van der Waals surface area (Å²) in [5.74, 6) is 1.15. The van der Waals surface area contributed by atoms with Crippen molar-refractivity contribution in [3.63, 3.8) is 0 Å². The highest BCUT2D eigenvalue weighted by atomic mass is 15.1. The molecule has 90 valence electrons. The van der Waals surface area contributed by atoms with E-state index in [1.165, 1.54) is 0 Å². The van der Waals surface area contributed by atoms with Gasteiger partial charge in [-0.15, -0.1) is 0 Å². The molecular weight excluding hydrogens is 228 g/mol. The van der Waals surface area contributed by atoms with Crippen LogP contribution in [0.25, 0.3) is 22.6 Å². The number of hydrogen-bond donors (Lipinski definition) is 3. The number of fused-ring (bicyclic) bond motifs is 1. The minimum Gasteiger partial charge on any atom is -0.382 e. The smallest absolute Gasteiger partial charge is 0.224 e. The number of anilines is 2. The molecule has 0 atom stereocenters. The third-order valence-electron chi connectivity index (χ3n) is 2.80. The van der Waals surface area contributed by atoms with Crippen LogP contribution in [-0.2, 0) is 0 Å². The number of aromatic nitrogens is 4. The second-order valence-corrected chi connectivity index (χ2v) is 4.07. The number of hydrogen-bond acceptors (Lipinski definition) is 5. The van der Waals surface area contributed by atoms with Gasteiger partial charge in [0, 0.05) is 5.56 Å². The molecule has 5 N–H and O–H groups in total. The van der Waals surface area contributed by atoms with Crippen LogP contribution in [0.5, 0.6) is 0 Å². The Balaban J connectivity index is 2.26. The van der Waals surface area contributed by atoms with Gasteiger partial charge in [0.1, 0.15) is 11.3 Å². The highest BCUT2D eigenvalue weighted by Crippen LogP contribution is 2.24. The van der Waals surface area contributed by atoms with Crippen LogP contribution in [0.4, 0.5) is 11.8 Å². The fraction of sp³-hybridized carbons (Fsp3) is 0.0833. The molecule has 1 aromatic carbocycles. The summed E-state index contributed by atoms with van der Waals surface area (Å²) in [4.78, 5) is 15.5. The van der Waals surface area contributed by atoms with Crippen LogP contribution in [0.1, 0.15) is 5.56 Å². The molecule has 0 aliphatic carbocycles. The number of nitrogens with one attached hydrogen (secondary N) is 1. The summed E-state index contributed by atoms with van der Waals surface area (Å²) >= 11 is 0. The van der Waals surface area contributed by atoms with Crippen molar-refractivity contribution in [2.75, 3.05) is 11.5 Å². The molecule has 0 unspecified atom stereocenters. The first-order valence-electron chi connectivity index (χ1n) is 5.50. The second-order valence-electron chi connectivity index (χ2n) is 4.07. The number of nitrogens with zero attached hydrogens (tertiary/aromatic N) is 3. The van der Waals surface area contributed by atoms with Gasteiger partial charge in [-0.2, -0.15) is 9.97 Å². The van der Waals surface area contributed by atoms with Crippen molar-refractivity contribution in [1.82, 2.24) is 19.9 Å². The molecule has 6 nitrogen and oxygen atoms in total. The van der Waals surface area contributed by atoms with E-state index in [9.17, 15) is 0 Å². The fourth-order valence-electron chi connectivity index (χ4n) is 1.90. The first kappa shape index (κ1) is 10.5. The zero-order valence-electron chi connectivity index (χ0n) is 9.81. The topological polar surface area (TPSA) is 106 Å². The molecule has 0 saturated carbocycles. The van der Waals surface area contributed by atoms with Gasteiger partial charge in [-0.3, -0.25) is 0 Å². The van der Waals surface area contributed by atoms with Gasteiger partial charge in [-0.25, -0.2) is 4.98 Å². The first-order chi connectivity index (χ1) is 8.65. The van der Waals surface area contributed by atoms with Gasteiger partial charge in [0.25, 0.3) is 0 Å². The quantitative estimate of drug-likeness (QED) is 0.597. The number of H-pyrrole nitrogens is 1. The van der Waals surface area contributed by atoms with Crippen LogP contribution in [0.15, 0.2) is 24.3 Å². The summed E-state index contributed by atoms with van der Waals surface area (Å²) in [6.45, 7) is 2.02. The highest BCUT2D eigenvalue weighted by Gasteiger charge is 2.11. The largest absolute Gasteiger partial charge is 0.382 e. The van der Waals surface area contributed by atoms with E-state index >= 15 is 0 Å². The molecule has 3 aromatic rings. The number of aryl methyl sites for hydroxylation is 1. The molecule has 0 radical (unpaired) electrons. The molecule has 3 rings (SSSR count). The molecule has 0 aliphatic heterocycles. The van der Waals surface area contributed by atoms with E-state index in [0.29, 0.717) is 17.0 Å². The highest BCUT2D eigenvalue weighted by molar-refractivity contribution is 5.85. The number of imidazole rings is 1. The SMILES string of the molecule is Cc1ccccc1-c1nc2nc(N)nc(N)c2[nH]1. The lowest BCUT2D eigenvalue weighted by molar-refractivity contribution is 1.22. The lowest BCUT2D eigenvalue weighted by atomic mass is 10.1. The molecule has 0 amide bonds. The van der Waals surface area contributed by atoms with Gasteiger partial charge in [0.2, 0.25) is 5.95 Å². The number of nitrogen functional groups attached to an aromatic ring is 2. The van der Waals surface area contributed by atoms with Gasteiger partial charge in [0.15, 0.2) is 11.5 Å². The maximum Gasteiger partial charge on any atom is 0.224 e. The molecule has 2 aromatic heterocycles. The average molecular weight is 240 g/mol. The van der Waals surface area contributed by atoms with Crippen molar-refractivity contribution in [2.45, 2.75) is 6.92 Å². The number of benzene rings is 1. The Morgan fingerprint density at radius 3 is 2.61 bits per heavy atom. The minimum absolute atomic E-state index is 0.128. The molecule has 2 heterocycles. The Labute approximate surface area is 103 Å². The van der Waals surface area contributed by atoms with E-state index in [1.807, 2.05) is 31.2 Å². The summed E-state index contributed by atoms with van der Waals surface area (Å²) in [6.07, 6.45) is 0. The van der Waals surface area contributed by atoms with E-state index in [4.69, 9.17) is 11.5 Å². The molecule has 6 heteroatoms. The van der Waals surface area contributed by atoms with E-state index in [2.05, 4.69) is 19.9 Å². The van der Waals surface area contributed by atoms with Crippen molar-refractivity contribution in [1.29, 1.82) is 0 Å². The summed E-state index contributed by atoms with van der Waals surface area (Å²) in [5, 5.41) is 0. The van der Waals surface area contributed by atoms with Gasteiger partial charge in [-0.1, -0.05) is 24.3 Å². The first-order valence-corrected chi connectivity index (χ1v) is 5.50. The monoisotopic (exact) mass is 240 g/mol. The van der Waals surface area contributed by atoms with Crippen LogP contribution in [0.3, 0.4) is 0 Å². The van der Waals surface area contributed by atoms with Crippen LogP contribution < -0.4 is 11.5 Å². The standard InChI is InChI=1S/C12H12N6/c1-6-4-2-3-5-7(6)10-15-8-9(13)16-12(14)18-11(8)17-10/h2-5H,1H3,(H5,13,14,15,16,17,18). The summed E-state index contributed by atoms with van der Waals surface area (Å²) in [5.41, 5.74) is 14.6. The van der Waals surface area contributed by atoms with Crippen LogP contribution in [0.2, 0.25) is 0 Å². The molecule has 0 aliphatic rings. The number of rotatable bonds is 1. The Bertz CT molecular complexity index is 731. The van der Waals surface area contributed by atoms with Crippen molar-refractivity contribution in [3.8, 4) is 11.4 Å². The Morgan fingerprint density at radius 1 is 1.06 bits per heavy atom. The summed E-state index contributed by atoms with van der Waals surface area (Å²) in [6, 6.07) is 7.94. The third kappa shape index (κ3) is 1.55. The maximum atomic E-state index is 5.78. The minimum atomic E-state index is 0.128.